The summed E-state index contributed by atoms with van der Waals surface area (Å²) in [4.78, 5) is 16.3. The summed E-state index contributed by atoms with van der Waals surface area (Å²) >= 11 is 0. The second-order valence-electron chi connectivity index (χ2n) is 11.2. The summed E-state index contributed by atoms with van der Waals surface area (Å²) in [5, 5.41) is 3.75. The molecule has 2 aliphatic rings. The predicted octanol–water partition coefficient (Wildman–Crippen LogP) is 6.50. The fourth-order valence-electron chi connectivity index (χ4n) is 5.93. The number of nitrogens with one attached hydrogen (secondary N) is 1. The molecule has 1 fully saturated rings. The predicted molar refractivity (Wildman–Crippen MR) is 145 cm³/mol. The van der Waals surface area contributed by atoms with Gasteiger partial charge in [-0.1, -0.05) is 87.5 Å². The van der Waals surface area contributed by atoms with Gasteiger partial charge in [0, 0.05) is 12.1 Å². The fourth-order valence-corrected chi connectivity index (χ4v) is 5.93. The van der Waals surface area contributed by atoms with Gasteiger partial charge in [0.25, 0.3) is 0 Å². The molecule has 1 aliphatic carbocycles. The van der Waals surface area contributed by atoms with Crippen molar-refractivity contribution in [2.24, 2.45) is 0 Å². The number of hydrogen-bond donors (Lipinski definition) is 1. The standard InChI is InChI=1S/C32H38N2O2/c1-32(2,3)25-15-18-29(36-4)24(20-25)21-33-30-19-17-28(23-11-6-5-7-12-23)34(30)31(35)27-16-14-22-10-8-9-13-26(22)27/h5-13,15,18,20,27-28,30,33H,14,16-17,19,21H2,1-4H3. The van der Waals surface area contributed by atoms with E-state index in [1.165, 1.54) is 22.3 Å². The van der Waals surface area contributed by atoms with Crippen LogP contribution in [0.2, 0.25) is 0 Å². The lowest BCUT2D eigenvalue weighted by Crippen LogP contribution is -2.47. The van der Waals surface area contributed by atoms with Crippen molar-refractivity contribution >= 4 is 5.91 Å². The minimum Gasteiger partial charge on any atom is -0.496 e. The minimum atomic E-state index is -0.0615. The van der Waals surface area contributed by atoms with E-state index in [0.29, 0.717) is 6.54 Å². The van der Waals surface area contributed by atoms with E-state index in [4.69, 9.17) is 4.74 Å². The maximum Gasteiger partial charge on any atom is 0.231 e. The Bertz CT molecular complexity index is 1210. The summed E-state index contributed by atoms with van der Waals surface area (Å²) in [6.45, 7) is 7.35. The van der Waals surface area contributed by atoms with Crippen molar-refractivity contribution in [2.45, 2.75) is 76.5 Å². The van der Waals surface area contributed by atoms with Crippen molar-refractivity contribution in [3.63, 3.8) is 0 Å². The molecule has 0 spiro atoms. The number of rotatable bonds is 6. The number of fused-ring (bicyclic) bond motifs is 1. The van der Waals surface area contributed by atoms with Crippen LogP contribution in [0.25, 0.3) is 0 Å². The lowest BCUT2D eigenvalue weighted by atomic mass is 9.86. The van der Waals surface area contributed by atoms with Crippen LogP contribution < -0.4 is 10.1 Å². The van der Waals surface area contributed by atoms with E-state index in [-0.39, 0.29) is 29.4 Å². The Labute approximate surface area is 215 Å². The summed E-state index contributed by atoms with van der Waals surface area (Å²) in [5.41, 5.74) is 6.22. The summed E-state index contributed by atoms with van der Waals surface area (Å²) in [5.74, 6) is 1.07. The first-order valence-electron chi connectivity index (χ1n) is 13.2. The molecule has 1 N–H and O–H groups in total. The first kappa shape index (κ1) is 24.6. The van der Waals surface area contributed by atoms with Crippen molar-refractivity contribution in [1.82, 2.24) is 10.2 Å². The van der Waals surface area contributed by atoms with Crippen LogP contribution in [-0.4, -0.2) is 24.1 Å². The average molecular weight is 483 g/mol. The number of ether oxygens (including phenoxy) is 1. The van der Waals surface area contributed by atoms with E-state index in [2.05, 4.69) is 97.7 Å². The van der Waals surface area contributed by atoms with Gasteiger partial charge in [-0.3, -0.25) is 10.1 Å². The first-order chi connectivity index (χ1) is 17.4. The molecule has 1 saturated heterocycles. The third-order valence-electron chi connectivity index (χ3n) is 7.93. The van der Waals surface area contributed by atoms with Gasteiger partial charge in [0.05, 0.1) is 25.2 Å². The number of aryl methyl sites for hydroxylation is 1. The Morgan fingerprint density at radius 2 is 1.72 bits per heavy atom. The molecule has 0 radical (unpaired) electrons. The molecule has 36 heavy (non-hydrogen) atoms. The molecule has 0 bridgehead atoms. The third-order valence-corrected chi connectivity index (χ3v) is 7.93. The molecule has 1 amide bonds. The van der Waals surface area contributed by atoms with Gasteiger partial charge in [0.15, 0.2) is 0 Å². The second-order valence-corrected chi connectivity index (χ2v) is 11.2. The van der Waals surface area contributed by atoms with E-state index in [1.807, 2.05) is 6.07 Å². The molecule has 188 valence electrons. The molecule has 0 aromatic heterocycles. The number of carbonyl (C=O) groups excluding carboxylic acids is 1. The van der Waals surface area contributed by atoms with Crippen molar-refractivity contribution in [3.05, 3.63) is 101 Å². The number of benzene rings is 3. The van der Waals surface area contributed by atoms with Crippen LogP contribution in [0.15, 0.2) is 72.8 Å². The zero-order valence-electron chi connectivity index (χ0n) is 22.0. The van der Waals surface area contributed by atoms with Gasteiger partial charge in [-0.2, -0.15) is 0 Å². The van der Waals surface area contributed by atoms with E-state index in [0.717, 1.165) is 37.0 Å². The SMILES string of the molecule is COc1ccc(C(C)(C)C)cc1CNC1CCC(c2ccccc2)N1C(=O)C1CCc2ccccc21. The largest absolute Gasteiger partial charge is 0.496 e. The van der Waals surface area contributed by atoms with Gasteiger partial charge in [-0.15, -0.1) is 0 Å². The fraction of sp³-hybridized carbons (Fsp3) is 0.406. The van der Waals surface area contributed by atoms with Gasteiger partial charge in [0.1, 0.15) is 5.75 Å². The molecule has 3 aromatic rings. The number of carbonyl (C=O) groups is 1. The van der Waals surface area contributed by atoms with Crippen LogP contribution in [-0.2, 0) is 23.2 Å². The molecule has 3 unspecified atom stereocenters. The van der Waals surface area contributed by atoms with Crippen molar-refractivity contribution in [2.75, 3.05) is 7.11 Å². The van der Waals surface area contributed by atoms with Crippen LogP contribution in [0, 0.1) is 0 Å². The molecular formula is C32H38N2O2. The summed E-state index contributed by atoms with van der Waals surface area (Å²) in [6, 6.07) is 25.5. The van der Waals surface area contributed by atoms with Gasteiger partial charge in [-0.05, 0) is 59.4 Å². The highest BCUT2D eigenvalue weighted by atomic mass is 16.5. The highest BCUT2D eigenvalue weighted by Crippen LogP contribution is 2.41. The monoisotopic (exact) mass is 482 g/mol. The minimum absolute atomic E-state index is 0.0153. The van der Waals surface area contributed by atoms with Gasteiger partial charge in [0.2, 0.25) is 5.91 Å². The van der Waals surface area contributed by atoms with Crippen LogP contribution >= 0.6 is 0 Å². The van der Waals surface area contributed by atoms with Crippen LogP contribution in [0.1, 0.15) is 79.8 Å². The normalized spacial score (nSPS) is 21.4. The molecule has 1 heterocycles. The van der Waals surface area contributed by atoms with Crippen LogP contribution in [0.3, 0.4) is 0 Å². The Morgan fingerprint density at radius 3 is 2.47 bits per heavy atom. The van der Waals surface area contributed by atoms with Gasteiger partial charge >= 0.3 is 0 Å². The van der Waals surface area contributed by atoms with Crippen molar-refractivity contribution in [1.29, 1.82) is 0 Å². The number of hydrogen-bond acceptors (Lipinski definition) is 3. The number of methoxy groups -OCH3 is 1. The number of likely N-dealkylation sites (tertiary alicyclic amines) is 1. The van der Waals surface area contributed by atoms with Crippen LogP contribution in [0.5, 0.6) is 5.75 Å². The average Bonchev–Trinajstić information content (AvgIpc) is 3.51. The Balaban J connectivity index is 1.42. The zero-order valence-corrected chi connectivity index (χ0v) is 22.0. The third kappa shape index (κ3) is 4.79. The second kappa shape index (κ2) is 10.1. The number of amides is 1. The first-order valence-corrected chi connectivity index (χ1v) is 13.2. The Kier molecular flexibility index (Phi) is 6.90. The highest BCUT2D eigenvalue weighted by molar-refractivity contribution is 5.86. The summed E-state index contributed by atoms with van der Waals surface area (Å²) in [6.07, 6.45) is 3.75. The lowest BCUT2D eigenvalue weighted by Gasteiger charge is -2.34. The van der Waals surface area contributed by atoms with Crippen molar-refractivity contribution < 1.29 is 9.53 Å². The Morgan fingerprint density at radius 1 is 0.972 bits per heavy atom. The molecule has 0 saturated carbocycles. The van der Waals surface area contributed by atoms with Crippen molar-refractivity contribution in [3.8, 4) is 5.75 Å². The Hall–Kier alpha value is -3.11. The molecule has 3 aromatic carbocycles. The quantitative estimate of drug-likeness (QED) is 0.436. The van der Waals surface area contributed by atoms with E-state index >= 15 is 0 Å². The van der Waals surface area contributed by atoms with E-state index < -0.39 is 0 Å². The topological polar surface area (TPSA) is 41.6 Å². The smallest absolute Gasteiger partial charge is 0.231 e. The molecule has 3 atom stereocenters. The highest BCUT2D eigenvalue weighted by Gasteiger charge is 2.42. The van der Waals surface area contributed by atoms with Gasteiger partial charge in [-0.25, -0.2) is 0 Å². The summed E-state index contributed by atoms with van der Waals surface area (Å²) in [7, 11) is 1.73. The molecule has 1 aliphatic heterocycles. The lowest BCUT2D eigenvalue weighted by molar-refractivity contribution is -0.136. The summed E-state index contributed by atoms with van der Waals surface area (Å²) < 4.78 is 5.69. The molecule has 5 rings (SSSR count). The number of nitrogens with zero attached hydrogens (tertiary/aromatic N) is 1. The maximum absolute atomic E-state index is 14.2. The maximum atomic E-state index is 14.2. The van der Waals surface area contributed by atoms with Crippen LogP contribution in [0.4, 0.5) is 0 Å². The van der Waals surface area contributed by atoms with E-state index in [1.54, 1.807) is 7.11 Å². The molecular weight excluding hydrogens is 444 g/mol. The molecule has 4 heteroatoms. The van der Waals surface area contributed by atoms with E-state index in [9.17, 15) is 4.79 Å². The van der Waals surface area contributed by atoms with Gasteiger partial charge < -0.3 is 9.64 Å². The zero-order chi connectivity index (χ0) is 25.3. The molecule has 4 nitrogen and oxygen atoms in total.